The molecule has 6 nitrogen and oxygen atoms in total. The van der Waals surface area contributed by atoms with Crippen LogP contribution < -0.4 is 14.2 Å². The van der Waals surface area contributed by atoms with E-state index in [-0.39, 0.29) is 4.90 Å². The second kappa shape index (κ2) is 6.53. The average molecular weight is 378 g/mol. The highest BCUT2D eigenvalue weighted by atomic mass is 32.2. The first-order valence-corrected chi connectivity index (χ1v) is 9.77. The lowest BCUT2D eigenvalue weighted by atomic mass is 10.1. The number of ether oxygens (including phenoxy) is 2. The van der Waals surface area contributed by atoms with Crippen LogP contribution in [0.4, 0.5) is 5.13 Å². The van der Waals surface area contributed by atoms with Gasteiger partial charge in [-0.15, -0.1) is 0 Å². The molecule has 0 unspecified atom stereocenters. The van der Waals surface area contributed by atoms with Crippen LogP contribution in [-0.4, -0.2) is 27.6 Å². The Morgan fingerprint density at radius 2 is 1.76 bits per heavy atom. The van der Waals surface area contributed by atoms with Crippen LogP contribution in [0.3, 0.4) is 0 Å². The highest BCUT2D eigenvalue weighted by molar-refractivity contribution is 7.93. The summed E-state index contributed by atoms with van der Waals surface area (Å²) in [6.07, 6.45) is 0. The Hall–Kier alpha value is -2.32. The molecule has 0 amide bonds. The molecule has 0 saturated heterocycles. The number of hydrogen-bond acceptors (Lipinski definition) is 6. The molecule has 0 fully saturated rings. The first-order valence-electron chi connectivity index (χ1n) is 7.47. The molecule has 1 heterocycles. The summed E-state index contributed by atoms with van der Waals surface area (Å²) in [6.45, 7) is 3.98. The van der Waals surface area contributed by atoms with Crippen LogP contribution in [0.1, 0.15) is 11.1 Å². The van der Waals surface area contributed by atoms with Crippen molar-refractivity contribution in [2.24, 2.45) is 0 Å². The molecule has 0 spiro atoms. The number of hydrogen-bond donors (Lipinski definition) is 1. The Labute approximate surface area is 150 Å². The number of benzene rings is 2. The number of aryl methyl sites for hydroxylation is 2. The van der Waals surface area contributed by atoms with Gasteiger partial charge in [0.05, 0.1) is 29.3 Å². The molecule has 1 aromatic heterocycles. The molecule has 0 atom stereocenters. The van der Waals surface area contributed by atoms with Crippen molar-refractivity contribution in [1.82, 2.24) is 4.98 Å². The number of thiazole rings is 1. The SMILES string of the molecule is COc1ccc(S(=O)(=O)Nc2nc3c(C)c(C)ccc3s2)cc1OC. The zero-order valence-corrected chi connectivity index (χ0v) is 15.9. The van der Waals surface area contributed by atoms with Crippen molar-refractivity contribution in [3.63, 3.8) is 0 Å². The minimum Gasteiger partial charge on any atom is -0.493 e. The van der Waals surface area contributed by atoms with Gasteiger partial charge in [-0.3, -0.25) is 4.72 Å². The van der Waals surface area contributed by atoms with Crippen molar-refractivity contribution in [2.45, 2.75) is 18.7 Å². The number of aromatic nitrogens is 1. The molecular formula is C17H18N2O4S2. The van der Waals surface area contributed by atoms with Crippen molar-refractivity contribution >= 4 is 36.7 Å². The quantitative estimate of drug-likeness (QED) is 0.732. The summed E-state index contributed by atoms with van der Waals surface area (Å²) in [7, 11) is -0.825. The summed E-state index contributed by atoms with van der Waals surface area (Å²) in [5.41, 5.74) is 2.98. The maximum absolute atomic E-state index is 12.7. The van der Waals surface area contributed by atoms with Crippen LogP contribution in [0.25, 0.3) is 10.2 Å². The van der Waals surface area contributed by atoms with Crippen LogP contribution in [0, 0.1) is 13.8 Å². The van der Waals surface area contributed by atoms with E-state index < -0.39 is 10.0 Å². The topological polar surface area (TPSA) is 77.5 Å². The smallest absolute Gasteiger partial charge is 0.263 e. The Morgan fingerprint density at radius 3 is 2.44 bits per heavy atom. The van der Waals surface area contributed by atoms with Gasteiger partial charge in [0.2, 0.25) is 0 Å². The van der Waals surface area contributed by atoms with E-state index in [1.54, 1.807) is 6.07 Å². The maximum atomic E-state index is 12.7. The molecule has 2 aromatic carbocycles. The van der Waals surface area contributed by atoms with Gasteiger partial charge in [0.1, 0.15) is 0 Å². The van der Waals surface area contributed by atoms with Gasteiger partial charge in [-0.25, -0.2) is 13.4 Å². The molecule has 0 aliphatic heterocycles. The third kappa shape index (κ3) is 3.27. The number of nitrogens with zero attached hydrogens (tertiary/aromatic N) is 1. The molecule has 0 saturated carbocycles. The number of anilines is 1. The Balaban J connectivity index is 1.98. The number of methoxy groups -OCH3 is 2. The highest BCUT2D eigenvalue weighted by Crippen LogP contribution is 2.33. The Morgan fingerprint density at radius 1 is 1.04 bits per heavy atom. The second-order valence-electron chi connectivity index (χ2n) is 5.50. The Bertz CT molecular complexity index is 1040. The molecule has 0 bridgehead atoms. The van der Waals surface area contributed by atoms with Crippen LogP contribution in [-0.2, 0) is 10.0 Å². The summed E-state index contributed by atoms with van der Waals surface area (Å²) in [5.74, 6) is 0.814. The molecule has 132 valence electrons. The molecular weight excluding hydrogens is 360 g/mol. The number of nitrogens with one attached hydrogen (secondary N) is 1. The summed E-state index contributed by atoms with van der Waals surface area (Å²) in [6, 6.07) is 8.39. The fourth-order valence-corrected chi connectivity index (χ4v) is 4.60. The molecule has 0 aliphatic rings. The molecule has 3 rings (SSSR count). The zero-order valence-electron chi connectivity index (χ0n) is 14.3. The van der Waals surface area contributed by atoms with Crippen molar-refractivity contribution in [3.05, 3.63) is 41.5 Å². The van der Waals surface area contributed by atoms with Crippen molar-refractivity contribution in [3.8, 4) is 11.5 Å². The van der Waals surface area contributed by atoms with Gasteiger partial charge in [0.15, 0.2) is 16.6 Å². The molecule has 0 aliphatic carbocycles. The third-order valence-electron chi connectivity index (χ3n) is 3.97. The molecule has 1 N–H and O–H groups in total. The Kier molecular flexibility index (Phi) is 4.57. The van der Waals surface area contributed by atoms with Crippen molar-refractivity contribution in [2.75, 3.05) is 18.9 Å². The molecule has 8 heteroatoms. The lowest BCUT2D eigenvalue weighted by Gasteiger charge is -2.10. The van der Waals surface area contributed by atoms with Gasteiger partial charge in [-0.2, -0.15) is 0 Å². The summed E-state index contributed by atoms with van der Waals surface area (Å²) in [4.78, 5) is 4.51. The molecule has 25 heavy (non-hydrogen) atoms. The lowest BCUT2D eigenvalue weighted by Crippen LogP contribution is -2.13. The van der Waals surface area contributed by atoms with E-state index in [4.69, 9.17) is 9.47 Å². The van der Waals surface area contributed by atoms with Crippen molar-refractivity contribution in [1.29, 1.82) is 0 Å². The zero-order chi connectivity index (χ0) is 18.2. The van der Waals surface area contributed by atoms with E-state index in [1.165, 1.54) is 37.7 Å². The standard InChI is InChI=1S/C17H18N2O4S2/c1-10-5-8-15-16(11(10)2)18-17(24-15)19-25(20,21)12-6-7-13(22-3)14(9-12)23-4/h5-9H,1-4H3,(H,18,19). The van der Waals surface area contributed by atoms with E-state index in [9.17, 15) is 8.42 Å². The van der Waals surface area contributed by atoms with Crippen molar-refractivity contribution < 1.29 is 17.9 Å². The predicted molar refractivity (Wildman–Crippen MR) is 99.4 cm³/mol. The van der Waals surface area contributed by atoms with E-state index in [0.717, 1.165) is 21.3 Å². The van der Waals surface area contributed by atoms with Crippen LogP contribution in [0.15, 0.2) is 35.2 Å². The fraction of sp³-hybridized carbons (Fsp3) is 0.235. The predicted octanol–water partition coefficient (Wildman–Crippen LogP) is 3.73. The van der Waals surface area contributed by atoms with E-state index in [1.807, 2.05) is 26.0 Å². The van der Waals surface area contributed by atoms with Gasteiger partial charge < -0.3 is 9.47 Å². The number of rotatable bonds is 5. The summed E-state index contributed by atoms with van der Waals surface area (Å²) >= 11 is 1.30. The largest absolute Gasteiger partial charge is 0.493 e. The van der Waals surface area contributed by atoms with Gasteiger partial charge in [-0.1, -0.05) is 17.4 Å². The third-order valence-corrected chi connectivity index (χ3v) is 6.37. The lowest BCUT2D eigenvalue weighted by molar-refractivity contribution is 0.354. The fourth-order valence-electron chi connectivity index (χ4n) is 2.43. The molecule has 0 radical (unpaired) electrons. The van der Waals surface area contributed by atoms with Crippen LogP contribution in [0.2, 0.25) is 0 Å². The summed E-state index contributed by atoms with van der Waals surface area (Å²) < 4.78 is 39.1. The minimum atomic E-state index is -3.78. The van der Waals surface area contributed by atoms with Gasteiger partial charge in [0.25, 0.3) is 10.0 Å². The van der Waals surface area contributed by atoms with E-state index in [0.29, 0.717) is 16.6 Å². The number of fused-ring (bicyclic) bond motifs is 1. The van der Waals surface area contributed by atoms with E-state index in [2.05, 4.69) is 9.71 Å². The number of sulfonamides is 1. The van der Waals surface area contributed by atoms with Crippen LogP contribution in [0.5, 0.6) is 11.5 Å². The van der Waals surface area contributed by atoms with Gasteiger partial charge in [-0.05, 0) is 43.2 Å². The van der Waals surface area contributed by atoms with Crippen LogP contribution >= 0.6 is 11.3 Å². The first kappa shape index (κ1) is 17.5. The van der Waals surface area contributed by atoms with Gasteiger partial charge >= 0.3 is 0 Å². The highest BCUT2D eigenvalue weighted by Gasteiger charge is 2.19. The second-order valence-corrected chi connectivity index (χ2v) is 8.21. The normalized spacial score (nSPS) is 11.5. The molecule has 3 aromatic rings. The monoisotopic (exact) mass is 378 g/mol. The van der Waals surface area contributed by atoms with Gasteiger partial charge in [0, 0.05) is 6.07 Å². The average Bonchev–Trinajstić information content (AvgIpc) is 3.00. The maximum Gasteiger partial charge on any atom is 0.263 e. The van der Waals surface area contributed by atoms with E-state index >= 15 is 0 Å². The minimum absolute atomic E-state index is 0.0808. The first-order chi connectivity index (χ1) is 11.9. The summed E-state index contributed by atoms with van der Waals surface area (Å²) in [5, 5.41) is 0.332.